The molecule has 0 N–H and O–H groups in total. The van der Waals surface area contributed by atoms with Crippen LogP contribution in [0.2, 0.25) is 5.02 Å². The second-order valence-corrected chi connectivity index (χ2v) is 6.90. The van der Waals surface area contributed by atoms with Crippen LogP contribution in [0.5, 0.6) is 5.75 Å². The summed E-state index contributed by atoms with van der Waals surface area (Å²) in [6, 6.07) is 13.9. The number of nitrogens with zero attached hydrogens (tertiary/aromatic N) is 3. The van der Waals surface area contributed by atoms with Crippen LogP contribution in [-0.2, 0) is 0 Å². The third-order valence-corrected chi connectivity index (χ3v) is 4.74. The Labute approximate surface area is 155 Å². The molecule has 3 rings (SSSR count). The molecule has 1 saturated heterocycles. The molecule has 0 radical (unpaired) electrons. The summed E-state index contributed by atoms with van der Waals surface area (Å²) in [5.74, 6) is 0.821. The van der Waals surface area contributed by atoms with Gasteiger partial charge in [-0.2, -0.15) is 5.10 Å². The van der Waals surface area contributed by atoms with Crippen molar-refractivity contribution in [2.45, 2.75) is 0 Å². The Morgan fingerprint density at radius 1 is 1.08 bits per heavy atom. The van der Waals surface area contributed by atoms with Crippen LogP contribution < -0.4 is 9.64 Å². The van der Waals surface area contributed by atoms with Gasteiger partial charge in [0, 0.05) is 33.8 Å². The lowest BCUT2D eigenvalue weighted by molar-refractivity contribution is 0.272. The highest BCUT2D eigenvalue weighted by molar-refractivity contribution is 9.10. The van der Waals surface area contributed by atoms with Gasteiger partial charge in [-0.05, 0) is 42.5 Å². The zero-order valence-electron chi connectivity index (χ0n) is 13.5. The minimum atomic E-state index is 0.768. The molecule has 1 aliphatic rings. The molecule has 6 heteroatoms. The number of hydrogen-bond acceptors (Lipinski definition) is 4. The average molecular weight is 409 g/mol. The third-order valence-electron chi connectivity index (χ3n) is 4.00. The molecular weight excluding hydrogens is 390 g/mol. The highest BCUT2D eigenvalue weighted by Gasteiger charge is 2.15. The molecular formula is C18H19BrClN3O. The number of benzene rings is 2. The molecule has 0 amide bonds. The minimum Gasteiger partial charge on any atom is -0.496 e. The van der Waals surface area contributed by atoms with Crippen LogP contribution in [0.3, 0.4) is 0 Å². The Morgan fingerprint density at radius 3 is 2.46 bits per heavy atom. The summed E-state index contributed by atoms with van der Waals surface area (Å²) in [5.41, 5.74) is 2.17. The molecule has 2 aromatic carbocycles. The maximum Gasteiger partial charge on any atom is 0.127 e. The first-order chi connectivity index (χ1) is 11.7. The van der Waals surface area contributed by atoms with Crippen LogP contribution >= 0.6 is 27.5 Å². The second kappa shape index (κ2) is 7.90. The van der Waals surface area contributed by atoms with Crippen molar-refractivity contribution in [2.24, 2.45) is 5.10 Å². The van der Waals surface area contributed by atoms with Gasteiger partial charge in [-0.25, -0.2) is 0 Å². The Kier molecular flexibility index (Phi) is 5.63. The van der Waals surface area contributed by atoms with E-state index >= 15 is 0 Å². The molecule has 1 aliphatic heterocycles. The van der Waals surface area contributed by atoms with Gasteiger partial charge in [0.05, 0.1) is 26.4 Å². The molecule has 0 aromatic heterocycles. The van der Waals surface area contributed by atoms with E-state index in [0.29, 0.717) is 0 Å². The fourth-order valence-corrected chi connectivity index (χ4v) is 3.18. The number of anilines is 1. The molecule has 0 atom stereocenters. The third kappa shape index (κ3) is 4.22. The Bertz CT molecular complexity index is 713. The lowest BCUT2D eigenvalue weighted by atomic mass is 10.2. The lowest BCUT2D eigenvalue weighted by Crippen LogP contribution is -2.44. The zero-order valence-corrected chi connectivity index (χ0v) is 15.8. The maximum atomic E-state index is 5.95. The standard InChI is InChI=1S/C18H19BrClN3O/c1-24-18-7-2-15(19)12-14(18)13-21-23-10-8-22(9-11-23)17-5-3-16(20)4-6-17/h2-7,12-13H,8-11H2,1H3. The molecule has 24 heavy (non-hydrogen) atoms. The van der Waals surface area contributed by atoms with Crippen molar-refractivity contribution in [2.75, 3.05) is 38.2 Å². The molecule has 126 valence electrons. The number of rotatable bonds is 4. The molecule has 0 spiro atoms. The van der Waals surface area contributed by atoms with Gasteiger partial charge in [0.15, 0.2) is 0 Å². The largest absolute Gasteiger partial charge is 0.496 e. The molecule has 0 aliphatic carbocycles. The van der Waals surface area contributed by atoms with Crippen molar-refractivity contribution < 1.29 is 4.74 Å². The van der Waals surface area contributed by atoms with E-state index in [1.54, 1.807) is 7.11 Å². The smallest absolute Gasteiger partial charge is 0.127 e. The lowest BCUT2D eigenvalue weighted by Gasteiger charge is -2.34. The Balaban J connectivity index is 1.61. The van der Waals surface area contributed by atoms with Crippen LogP contribution in [0.25, 0.3) is 0 Å². The number of methoxy groups -OCH3 is 1. The van der Waals surface area contributed by atoms with E-state index in [1.165, 1.54) is 5.69 Å². The first kappa shape index (κ1) is 17.1. The maximum absolute atomic E-state index is 5.95. The number of halogens is 2. The quantitative estimate of drug-likeness (QED) is 0.707. The van der Waals surface area contributed by atoms with Gasteiger partial charge >= 0.3 is 0 Å². The molecule has 4 nitrogen and oxygen atoms in total. The van der Waals surface area contributed by atoms with Gasteiger partial charge in [0.2, 0.25) is 0 Å². The van der Waals surface area contributed by atoms with Gasteiger partial charge in [-0.15, -0.1) is 0 Å². The van der Waals surface area contributed by atoms with Gasteiger partial charge in [0.1, 0.15) is 5.75 Å². The van der Waals surface area contributed by atoms with Crippen molar-refractivity contribution in [3.8, 4) is 5.75 Å². The monoisotopic (exact) mass is 407 g/mol. The summed E-state index contributed by atoms with van der Waals surface area (Å²) in [5, 5.41) is 7.46. The summed E-state index contributed by atoms with van der Waals surface area (Å²) < 4.78 is 6.39. The predicted octanol–water partition coefficient (Wildman–Crippen LogP) is 4.27. The van der Waals surface area contributed by atoms with Crippen LogP contribution in [0.15, 0.2) is 52.0 Å². The Morgan fingerprint density at radius 2 is 1.79 bits per heavy atom. The van der Waals surface area contributed by atoms with Crippen molar-refractivity contribution in [3.63, 3.8) is 0 Å². The van der Waals surface area contributed by atoms with Crippen LogP contribution in [0.4, 0.5) is 5.69 Å². The first-order valence-electron chi connectivity index (χ1n) is 7.79. The Hall–Kier alpha value is -1.72. The minimum absolute atomic E-state index is 0.768. The van der Waals surface area contributed by atoms with Crippen LogP contribution in [0.1, 0.15) is 5.56 Å². The molecule has 1 heterocycles. The van der Waals surface area contributed by atoms with Gasteiger partial charge in [-0.3, -0.25) is 5.01 Å². The van der Waals surface area contributed by atoms with Crippen molar-refractivity contribution in [1.82, 2.24) is 5.01 Å². The topological polar surface area (TPSA) is 28.1 Å². The molecule has 0 unspecified atom stereocenters. The average Bonchev–Trinajstić information content (AvgIpc) is 2.61. The fraction of sp³-hybridized carbons (Fsp3) is 0.278. The highest BCUT2D eigenvalue weighted by Crippen LogP contribution is 2.22. The predicted molar refractivity (Wildman–Crippen MR) is 104 cm³/mol. The van der Waals surface area contributed by atoms with Crippen LogP contribution in [-0.4, -0.2) is 44.5 Å². The number of hydrogen-bond donors (Lipinski definition) is 0. The van der Waals surface area contributed by atoms with E-state index in [-0.39, 0.29) is 0 Å². The summed E-state index contributed by atoms with van der Waals surface area (Å²) in [7, 11) is 1.67. The normalized spacial score (nSPS) is 15.1. The molecule has 1 fully saturated rings. The fourth-order valence-electron chi connectivity index (χ4n) is 2.67. The van der Waals surface area contributed by atoms with Crippen molar-refractivity contribution in [3.05, 3.63) is 57.5 Å². The molecule has 0 bridgehead atoms. The van der Waals surface area contributed by atoms with Gasteiger partial charge in [0.25, 0.3) is 0 Å². The summed E-state index contributed by atoms with van der Waals surface area (Å²) in [6.07, 6.45) is 1.86. The second-order valence-electron chi connectivity index (χ2n) is 5.55. The number of ether oxygens (including phenoxy) is 1. The summed E-state index contributed by atoms with van der Waals surface area (Å²) in [4.78, 5) is 2.35. The van der Waals surface area contributed by atoms with Gasteiger partial charge < -0.3 is 9.64 Å². The number of piperazine rings is 1. The highest BCUT2D eigenvalue weighted by atomic mass is 79.9. The van der Waals surface area contributed by atoms with Crippen LogP contribution in [0, 0.1) is 0 Å². The summed E-state index contributed by atoms with van der Waals surface area (Å²) in [6.45, 7) is 3.65. The van der Waals surface area contributed by atoms with E-state index in [0.717, 1.165) is 47.0 Å². The van der Waals surface area contributed by atoms with E-state index in [1.807, 2.05) is 36.5 Å². The number of hydrazone groups is 1. The molecule has 0 saturated carbocycles. The van der Waals surface area contributed by atoms with Gasteiger partial charge in [-0.1, -0.05) is 27.5 Å². The van der Waals surface area contributed by atoms with E-state index in [4.69, 9.17) is 16.3 Å². The van der Waals surface area contributed by atoms with Crippen molar-refractivity contribution >= 4 is 39.4 Å². The zero-order chi connectivity index (χ0) is 16.9. The van der Waals surface area contributed by atoms with E-state index < -0.39 is 0 Å². The summed E-state index contributed by atoms with van der Waals surface area (Å²) >= 11 is 9.43. The van der Waals surface area contributed by atoms with E-state index in [9.17, 15) is 0 Å². The molecule has 2 aromatic rings. The first-order valence-corrected chi connectivity index (χ1v) is 8.96. The van der Waals surface area contributed by atoms with Crippen molar-refractivity contribution in [1.29, 1.82) is 0 Å². The SMILES string of the molecule is COc1ccc(Br)cc1C=NN1CCN(c2ccc(Cl)cc2)CC1. The van der Waals surface area contributed by atoms with E-state index in [2.05, 4.69) is 43.1 Å².